The molecule has 18 heavy (non-hydrogen) atoms. The zero-order valence-electron chi connectivity index (χ0n) is 10.7. The molecule has 0 aliphatic rings. The number of carbonyl (C=O) groups is 1. The lowest BCUT2D eigenvalue weighted by atomic mass is 10.1. The van der Waals surface area contributed by atoms with E-state index < -0.39 is 10.8 Å². The lowest BCUT2D eigenvalue weighted by molar-refractivity contribution is -0.140. The number of benzene rings is 1. The van der Waals surface area contributed by atoms with Gasteiger partial charge in [0.15, 0.2) is 0 Å². The average molecular weight is 272 g/mol. The van der Waals surface area contributed by atoms with Crippen LogP contribution in [-0.2, 0) is 26.1 Å². The fraction of sp³-hybridized carbons (Fsp3) is 0.462. The molecule has 0 amide bonds. The van der Waals surface area contributed by atoms with Crippen molar-refractivity contribution in [2.75, 3.05) is 7.11 Å². The minimum absolute atomic E-state index is 0.128. The number of ether oxygens (including phenoxy) is 1. The van der Waals surface area contributed by atoms with E-state index in [9.17, 15) is 13.4 Å². The third-order valence-electron chi connectivity index (χ3n) is 2.73. The Morgan fingerprint density at radius 3 is 2.72 bits per heavy atom. The second-order valence-electron chi connectivity index (χ2n) is 4.19. The van der Waals surface area contributed by atoms with Crippen LogP contribution in [0.1, 0.15) is 24.5 Å². The predicted octanol–water partition coefficient (Wildman–Crippen LogP) is 2.33. The van der Waals surface area contributed by atoms with Crippen molar-refractivity contribution >= 4 is 16.8 Å². The first-order valence-corrected chi connectivity index (χ1v) is 7.01. The molecule has 0 aromatic heterocycles. The van der Waals surface area contributed by atoms with E-state index in [0.29, 0.717) is 5.75 Å². The normalized spacial score (nSPS) is 14.0. The molecule has 0 saturated carbocycles. The molecule has 2 unspecified atom stereocenters. The van der Waals surface area contributed by atoms with Gasteiger partial charge in [0.2, 0.25) is 0 Å². The molecule has 0 aliphatic heterocycles. The third kappa shape index (κ3) is 4.22. The summed E-state index contributed by atoms with van der Waals surface area (Å²) in [6.07, 6.45) is 0.128. The molecule has 0 N–H and O–H groups in total. The molecule has 1 aromatic rings. The molecule has 3 nitrogen and oxygen atoms in total. The number of aryl methyl sites for hydroxylation is 1. The predicted molar refractivity (Wildman–Crippen MR) is 69.1 cm³/mol. The number of hydrogen-bond donors (Lipinski definition) is 0. The number of hydrogen-bond acceptors (Lipinski definition) is 3. The summed E-state index contributed by atoms with van der Waals surface area (Å²) in [6.45, 7) is 3.52. The molecule has 0 fully saturated rings. The number of carbonyl (C=O) groups excluding carboxylic acids is 1. The summed E-state index contributed by atoms with van der Waals surface area (Å²) in [5.41, 5.74) is 1.61. The summed E-state index contributed by atoms with van der Waals surface area (Å²) >= 11 is 0. The van der Waals surface area contributed by atoms with Crippen molar-refractivity contribution in [2.24, 2.45) is 0 Å². The first kappa shape index (κ1) is 14.8. The Hall–Kier alpha value is -1.23. The second kappa shape index (κ2) is 6.64. The number of rotatable bonds is 5. The Morgan fingerprint density at radius 1 is 1.50 bits per heavy atom. The van der Waals surface area contributed by atoms with E-state index in [1.54, 1.807) is 19.9 Å². The van der Waals surface area contributed by atoms with Gasteiger partial charge in [0.05, 0.1) is 13.5 Å². The molecular weight excluding hydrogens is 255 g/mol. The highest BCUT2D eigenvalue weighted by Gasteiger charge is 2.17. The van der Waals surface area contributed by atoms with Crippen molar-refractivity contribution in [3.8, 4) is 0 Å². The third-order valence-corrected chi connectivity index (χ3v) is 4.39. The van der Waals surface area contributed by atoms with Crippen LogP contribution in [0.15, 0.2) is 18.2 Å². The smallest absolute Gasteiger partial charge is 0.306 e. The maximum atomic E-state index is 12.9. The topological polar surface area (TPSA) is 43.4 Å². The summed E-state index contributed by atoms with van der Waals surface area (Å²) in [5, 5.41) is -0.276. The van der Waals surface area contributed by atoms with Crippen LogP contribution in [0.4, 0.5) is 4.39 Å². The fourth-order valence-electron chi connectivity index (χ4n) is 1.53. The van der Waals surface area contributed by atoms with E-state index in [2.05, 4.69) is 4.74 Å². The molecule has 5 heteroatoms. The van der Waals surface area contributed by atoms with E-state index in [-0.39, 0.29) is 23.5 Å². The minimum Gasteiger partial charge on any atom is -0.469 e. The first-order valence-electron chi connectivity index (χ1n) is 5.63. The SMILES string of the molecule is COC(=O)CC(C)S(=O)Cc1ccc(F)cc1C. The second-order valence-corrected chi connectivity index (χ2v) is 6.04. The van der Waals surface area contributed by atoms with Gasteiger partial charge >= 0.3 is 5.97 Å². The quantitative estimate of drug-likeness (QED) is 0.773. The van der Waals surface area contributed by atoms with Crippen LogP contribution in [0.25, 0.3) is 0 Å². The lowest BCUT2D eigenvalue weighted by Gasteiger charge is -2.11. The van der Waals surface area contributed by atoms with Crippen LogP contribution in [0.2, 0.25) is 0 Å². The Balaban J connectivity index is 2.66. The van der Waals surface area contributed by atoms with Crippen LogP contribution in [0.3, 0.4) is 0 Å². The summed E-state index contributed by atoms with van der Waals surface area (Å²) in [7, 11) is 0.130. The minimum atomic E-state index is -1.18. The van der Waals surface area contributed by atoms with Crippen LogP contribution >= 0.6 is 0 Å². The Morgan fingerprint density at radius 2 is 2.17 bits per heavy atom. The van der Waals surface area contributed by atoms with Gasteiger partial charge in [0.1, 0.15) is 5.82 Å². The molecule has 0 aliphatic carbocycles. The molecule has 1 rings (SSSR count). The number of halogens is 1. The van der Waals surface area contributed by atoms with E-state index in [0.717, 1.165) is 11.1 Å². The van der Waals surface area contributed by atoms with Crippen molar-refractivity contribution in [3.05, 3.63) is 35.1 Å². The van der Waals surface area contributed by atoms with Gasteiger partial charge < -0.3 is 4.74 Å². The standard InChI is InChI=1S/C13H17FO3S/c1-9-6-12(14)5-4-11(9)8-18(16)10(2)7-13(15)17-3/h4-6,10H,7-8H2,1-3H3. The average Bonchev–Trinajstić information content (AvgIpc) is 2.32. The fourth-order valence-corrected chi connectivity index (χ4v) is 2.76. The first-order chi connectivity index (χ1) is 8.43. The highest BCUT2D eigenvalue weighted by Crippen LogP contribution is 2.15. The van der Waals surface area contributed by atoms with E-state index in [4.69, 9.17) is 0 Å². The highest BCUT2D eigenvalue weighted by atomic mass is 32.2. The molecule has 1 aromatic carbocycles. The maximum Gasteiger partial charge on any atom is 0.306 e. The van der Waals surface area contributed by atoms with Crippen LogP contribution in [0.5, 0.6) is 0 Å². The van der Waals surface area contributed by atoms with E-state index in [1.165, 1.54) is 19.2 Å². The maximum absolute atomic E-state index is 12.9. The summed E-state index contributed by atoms with van der Waals surface area (Å²) in [6, 6.07) is 4.40. The van der Waals surface area contributed by atoms with Gasteiger partial charge in [0, 0.05) is 21.8 Å². The van der Waals surface area contributed by atoms with Crippen molar-refractivity contribution < 1.29 is 18.1 Å². The van der Waals surface area contributed by atoms with Crippen LogP contribution in [0, 0.1) is 12.7 Å². The van der Waals surface area contributed by atoms with Gasteiger partial charge in [-0.25, -0.2) is 4.39 Å². The van der Waals surface area contributed by atoms with Gasteiger partial charge in [0.25, 0.3) is 0 Å². The zero-order chi connectivity index (χ0) is 13.7. The number of methoxy groups -OCH3 is 1. The molecule has 0 heterocycles. The summed E-state index contributed by atoms with van der Waals surface area (Å²) < 4.78 is 29.5. The van der Waals surface area contributed by atoms with Gasteiger partial charge in [-0.05, 0) is 30.2 Å². The Bertz CT molecular complexity index is 460. The largest absolute Gasteiger partial charge is 0.469 e. The van der Waals surface area contributed by atoms with Gasteiger partial charge in [-0.2, -0.15) is 0 Å². The highest BCUT2D eigenvalue weighted by molar-refractivity contribution is 7.84. The number of esters is 1. The van der Waals surface area contributed by atoms with Crippen molar-refractivity contribution in [1.82, 2.24) is 0 Å². The van der Waals surface area contributed by atoms with Crippen molar-refractivity contribution in [3.63, 3.8) is 0 Å². The lowest BCUT2D eigenvalue weighted by Crippen LogP contribution is -2.18. The van der Waals surface area contributed by atoms with Crippen LogP contribution < -0.4 is 0 Å². The molecule has 0 radical (unpaired) electrons. The molecule has 2 atom stereocenters. The van der Waals surface area contributed by atoms with Crippen molar-refractivity contribution in [1.29, 1.82) is 0 Å². The molecule has 0 spiro atoms. The van der Waals surface area contributed by atoms with Gasteiger partial charge in [-0.1, -0.05) is 13.0 Å². The molecular formula is C13H17FO3S. The van der Waals surface area contributed by atoms with E-state index >= 15 is 0 Å². The van der Waals surface area contributed by atoms with Gasteiger partial charge in [-0.15, -0.1) is 0 Å². The monoisotopic (exact) mass is 272 g/mol. The zero-order valence-corrected chi connectivity index (χ0v) is 11.6. The van der Waals surface area contributed by atoms with Crippen LogP contribution in [-0.4, -0.2) is 22.5 Å². The molecule has 0 bridgehead atoms. The summed E-state index contributed by atoms with van der Waals surface area (Å²) in [5.74, 6) is -0.346. The molecule has 100 valence electrons. The Labute approximate surface area is 109 Å². The van der Waals surface area contributed by atoms with Gasteiger partial charge in [-0.3, -0.25) is 9.00 Å². The summed E-state index contributed by atoms with van der Waals surface area (Å²) in [4.78, 5) is 11.1. The van der Waals surface area contributed by atoms with E-state index in [1.807, 2.05) is 0 Å². The Kier molecular flexibility index (Phi) is 5.47. The molecule has 0 saturated heterocycles. The van der Waals surface area contributed by atoms with Crippen molar-refractivity contribution in [2.45, 2.75) is 31.3 Å².